The van der Waals surface area contributed by atoms with Gasteiger partial charge in [0.25, 0.3) is 5.91 Å². The van der Waals surface area contributed by atoms with Crippen molar-refractivity contribution < 1.29 is 9.90 Å². The Bertz CT molecular complexity index is 570. The maximum absolute atomic E-state index is 12.5. The lowest BCUT2D eigenvalue weighted by molar-refractivity contribution is 0.0707. The summed E-state index contributed by atoms with van der Waals surface area (Å²) < 4.78 is 0. The zero-order valence-electron chi connectivity index (χ0n) is 12.0. The number of hydrogen-bond acceptors (Lipinski definition) is 4. The van der Waals surface area contributed by atoms with E-state index in [-0.39, 0.29) is 12.5 Å². The Morgan fingerprint density at radius 2 is 2.00 bits per heavy atom. The minimum Gasteiger partial charge on any atom is -0.395 e. The summed E-state index contributed by atoms with van der Waals surface area (Å²) in [7, 11) is 1.78. The summed E-state index contributed by atoms with van der Waals surface area (Å²) in [4.78, 5) is 18.3. The Balaban J connectivity index is 2.14. The summed E-state index contributed by atoms with van der Waals surface area (Å²) in [5.41, 5.74) is 1.54. The predicted molar refractivity (Wildman–Crippen MR) is 82.1 cm³/mol. The number of anilines is 1. The third-order valence-corrected chi connectivity index (χ3v) is 3.14. The fraction of sp³-hybridized carbons (Fsp3) is 0.250. The van der Waals surface area contributed by atoms with Crippen LogP contribution in [-0.4, -0.2) is 41.1 Å². The molecule has 1 aromatic carbocycles. The second-order valence-electron chi connectivity index (χ2n) is 4.62. The molecular weight excluding hydrogens is 266 g/mol. The van der Waals surface area contributed by atoms with Gasteiger partial charge in [-0.3, -0.25) is 4.79 Å². The van der Waals surface area contributed by atoms with Gasteiger partial charge in [-0.25, -0.2) is 4.98 Å². The highest BCUT2D eigenvalue weighted by Gasteiger charge is 2.16. The molecule has 0 fully saturated rings. The molecule has 0 radical (unpaired) electrons. The molecule has 2 rings (SSSR count). The summed E-state index contributed by atoms with van der Waals surface area (Å²) in [5.74, 6) is 0.575. The maximum atomic E-state index is 12.5. The largest absolute Gasteiger partial charge is 0.395 e. The topological polar surface area (TPSA) is 65.5 Å². The minimum absolute atomic E-state index is 0.0688. The number of amides is 1. The van der Waals surface area contributed by atoms with Gasteiger partial charge in [-0.2, -0.15) is 0 Å². The molecular formula is C16H19N3O2. The molecule has 21 heavy (non-hydrogen) atoms. The molecule has 2 aromatic rings. The van der Waals surface area contributed by atoms with Crippen LogP contribution in [0.2, 0.25) is 0 Å². The third kappa shape index (κ3) is 4.03. The third-order valence-electron chi connectivity index (χ3n) is 3.14. The Kier molecular flexibility index (Phi) is 5.29. The molecule has 2 N–H and O–H groups in total. The number of benzene rings is 1. The smallest absolute Gasteiger partial charge is 0.255 e. The summed E-state index contributed by atoms with van der Waals surface area (Å²) in [6, 6.07) is 13.2. The monoisotopic (exact) mass is 285 g/mol. The van der Waals surface area contributed by atoms with Gasteiger partial charge in [0.2, 0.25) is 0 Å². The van der Waals surface area contributed by atoms with Crippen molar-refractivity contribution in [3.05, 3.63) is 59.8 Å². The van der Waals surface area contributed by atoms with Crippen molar-refractivity contribution in [3.63, 3.8) is 0 Å². The first kappa shape index (κ1) is 15.0. The number of hydrogen-bond donors (Lipinski definition) is 2. The number of rotatable bonds is 6. The van der Waals surface area contributed by atoms with Crippen LogP contribution in [0.3, 0.4) is 0 Å². The van der Waals surface area contributed by atoms with Crippen LogP contribution in [0, 0.1) is 0 Å². The Labute approximate surface area is 124 Å². The predicted octanol–water partition coefficient (Wildman–Crippen LogP) is 1.76. The van der Waals surface area contributed by atoms with E-state index in [9.17, 15) is 9.90 Å². The molecule has 0 aliphatic heterocycles. The first-order valence-corrected chi connectivity index (χ1v) is 6.82. The lowest BCUT2D eigenvalue weighted by atomic mass is 10.2. The average molecular weight is 285 g/mol. The Morgan fingerprint density at radius 3 is 2.57 bits per heavy atom. The molecule has 1 heterocycles. The molecule has 110 valence electrons. The standard InChI is InChI=1S/C16H19N3O2/c1-17-15-8-7-14(11-18-15)16(21)19(9-10-20)12-13-5-3-2-4-6-13/h2-8,11,20H,9-10,12H2,1H3,(H,17,18). The number of nitrogens with zero attached hydrogens (tertiary/aromatic N) is 2. The quantitative estimate of drug-likeness (QED) is 0.849. The van der Waals surface area contributed by atoms with Crippen molar-refractivity contribution in [2.45, 2.75) is 6.54 Å². The number of carbonyl (C=O) groups excluding carboxylic acids is 1. The van der Waals surface area contributed by atoms with Crippen molar-refractivity contribution in [2.24, 2.45) is 0 Å². The molecule has 1 amide bonds. The number of aliphatic hydroxyl groups is 1. The van der Waals surface area contributed by atoms with Crippen molar-refractivity contribution >= 4 is 11.7 Å². The van der Waals surface area contributed by atoms with Crippen LogP contribution in [0.25, 0.3) is 0 Å². The average Bonchev–Trinajstić information content (AvgIpc) is 2.55. The van der Waals surface area contributed by atoms with Gasteiger partial charge in [0.1, 0.15) is 5.82 Å². The van der Waals surface area contributed by atoms with Crippen molar-refractivity contribution in [2.75, 3.05) is 25.5 Å². The highest BCUT2D eigenvalue weighted by Crippen LogP contribution is 2.11. The number of pyridine rings is 1. The number of aromatic nitrogens is 1. The van der Waals surface area contributed by atoms with Crippen LogP contribution in [0.1, 0.15) is 15.9 Å². The lowest BCUT2D eigenvalue weighted by Crippen LogP contribution is -2.33. The maximum Gasteiger partial charge on any atom is 0.255 e. The fourth-order valence-corrected chi connectivity index (χ4v) is 2.03. The minimum atomic E-state index is -0.136. The molecule has 0 saturated heterocycles. The van der Waals surface area contributed by atoms with Crippen molar-refractivity contribution in [3.8, 4) is 0 Å². The second-order valence-corrected chi connectivity index (χ2v) is 4.62. The highest BCUT2D eigenvalue weighted by molar-refractivity contribution is 5.94. The zero-order valence-corrected chi connectivity index (χ0v) is 12.0. The number of aliphatic hydroxyl groups excluding tert-OH is 1. The van der Waals surface area contributed by atoms with E-state index in [1.165, 1.54) is 0 Å². The van der Waals surface area contributed by atoms with Crippen molar-refractivity contribution in [1.82, 2.24) is 9.88 Å². The van der Waals surface area contributed by atoms with Gasteiger partial charge in [0.15, 0.2) is 0 Å². The van der Waals surface area contributed by atoms with E-state index in [4.69, 9.17) is 0 Å². The summed E-state index contributed by atoms with van der Waals surface area (Å²) >= 11 is 0. The van der Waals surface area contributed by atoms with E-state index in [1.807, 2.05) is 30.3 Å². The van der Waals surface area contributed by atoms with Crippen LogP contribution in [-0.2, 0) is 6.54 Å². The molecule has 0 saturated carbocycles. The normalized spacial score (nSPS) is 10.2. The highest BCUT2D eigenvalue weighted by atomic mass is 16.3. The zero-order chi connectivity index (χ0) is 15.1. The van der Waals surface area contributed by atoms with Crippen LogP contribution >= 0.6 is 0 Å². The van der Waals surface area contributed by atoms with Gasteiger partial charge in [-0.1, -0.05) is 30.3 Å². The van der Waals surface area contributed by atoms with Crippen molar-refractivity contribution in [1.29, 1.82) is 0 Å². The van der Waals surface area contributed by atoms with Gasteiger partial charge in [-0.15, -0.1) is 0 Å². The SMILES string of the molecule is CNc1ccc(C(=O)N(CCO)Cc2ccccc2)cn1. The van der Waals surface area contributed by atoms with Crippen LogP contribution in [0.4, 0.5) is 5.82 Å². The van der Waals surface area contributed by atoms with Gasteiger partial charge in [0, 0.05) is 26.3 Å². The van der Waals surface area contributed by atoms with Gasteiger partial charge in [0.05, 0.1) is 12.2 Å². The van der Waals surface area contributed by atoms with Gasteiger partial charge < -0.3 is 15.3 Å². The molecule has 1 aromatic heterocycles. The molecule has 0 aliphatic rings. The first-order valence-electron chi connectivity index (χ1n) is 6.82. The van der Waals surface area contributed by atoms with Gasteiger partial charge >= 0.3 is 0 Å². The summed E-state index contributed by atoms with van der Waals surface area (Å²) in [5, 5.41) is 12.1. The van der Waals surface area contributed by atoms with Crippen LogP contribution in [0.5, 0.6) is 0 Å². The van der Waals surface area contributed by atoms with E-state index in [0.29, 0.717) is 24.5 Å². The molecule has 5 heteroatoms. The van der Waals surface area contributed by atoms with Gasteiger partial charge in [-0.05, 0) is 17.7 Å². The molecule has 0 bridgehead atoms. The first-order chi connectivity index (χ1) is 10.2. The van der Waals surface area contributed by atoms with Crippen LogP contribution < -0.4 is 5.32 Å². The summed E-state index contributed by atoms with van der Waals surface area (Å²) in [6.07, 6.45) is 1.55. The summed E-state index contributed by atoms with van der Waals surface area (Å²) in [6.45, 7) is 0.691. The van der Waals surface area contributed by atoms with E-state index < -0.39 is 0 Å². The second kappa shape index (κ2) is 7.40. The van der Waals surface area contributed by atoms with E-state index in [0.717, 1.165) is 5.56 Å². The molecule has 0 atom stereocenters. The lowest BCUT2D eigenvalue weighted by Gasteiger charge is -2.22. The molecule has 0 spiro atoms. The van der Waals surface area contributed by atoms with E-state index in [1.54, 1.807) is 30.3 Å². The molecule has 5 nitrogen and oxygen atoms in total. The fourth-order valence-electron chi connectivity index (χ4n) is 2.03. The Hall–Kier alpha value is -2.40. The Morgan fingerprint density at radius 1 is 1.24 bits per heavy atom. The molecule has 0 unspecified atom stereocenters. The molecule has 0 aliphatic carbocycles. The van der Waals surface area contributed by atoms with E-state index >= 15 is 0 Å². The van der Waals surface area contributed by atoms with Crippen LogP contribution in [0.15, 0.2) is 48.7 Å². The van der Waals surface area contributed by atoms with E-state index in [2.05, 4.69) is 10.3 Å². The number of carbonyl (C=O) groups is 1. The number of nitrogens with one attached hydrogen (secondary N) is 1.